The van der Waals surface area contributed by atoms with Gasteiger partial charge in [-0.15, -0.1) is 11.3 Å². The lowest BCUT2D eigenvalue weighted by Gasteiger charge is -2.12. The number of carbonyl (C=O) groups excluding carboxylic acids is 1. The largest absolute Gasteiger partial charge is 0.343 e. The highest BCUT2D eigenvalue weighted by molar-refractivity contribution is 9.11. The lowest BCUT2D eigenvalue weighted by molar-refractivity contribution is 0.0939. The molecule has 0 spiro atoms. The van der Waals surface area contributed by atoms with Gasteiger partial charge in [0.1, 0.15) is 5.01 Å². The Morgan fingerprint density at radius 2 is 2.22 bits per heavy atom. The van der Waals surface area contributed by atoms with Crippen molar-refractivity contribution < 1.29 is 4.79 Å². The van der Waals surface area contributed by atoms with Crippen LogP contribution in [0.3, 0.4) is 0 Å². The maximum Gasteiger partial charge on any atom is 0.253 e. The van der Waals surface area contributed by atoms with Crippen molar-refractivity contribution in [1.29, 1.82) is 0 Å². The monoisotopic (exact) mass is 388 g/mol. The molecule has 1 heterocycles. The first-order valence-electron chi connectivity index (χ1n) is 5.23. The van der Waals surface area contributed by atoms with Gasteiger partial charge in [-0.05, 0) is 41.1 Å². The number of aromatic nitrogens is 1. The summed E-state index contributed by atoms with van der Waals surface area (Å²) in [5.41, 5.74) is 0.604. The fourth-order valence-corrected chi connectivity index (χ4v) is 2.89. The van der Waals surface area contributed by atoms with Crippen molar-refractivity contribution in [3.8, 4) is 0 Å². The van der Waals surface area contributed by atoms with Crippen LogP contribution in [-0.4, -0.2) is 10.9 Å². The fraction of sp³-hybridized carbons (Fsp3) is 0.167. The van der Waals surface area contributed by atoms with Gasteiger partial charge in [-0.1, -0.05) is 15.9 Å². The van der Waals surface area contributed by atoms with Crippen LogP contribution in [0, 0.1) is 0 Å². The van der Waals surface area contributed by atoms with Gasteiger partial charge in [0.05, 0.1) is 11.6 Å². The highest BCUT2D eigenvalue weighted by Crippen LogP contribution is 2.23. The number of nitrogens with zero attached hydrogens (tertiary/aromatic N) is 1. The van der Waals surface area contributed by atoms with Gasteiger partial charge >= 0.3 is 0 Å². The van der Waals surface area contributed by atoms with Crippen molar-refractivity contribution in [1.82, 2.24) is 10.3 Å². The highest BCUT2D eigenvalue weighted by atomic mass is 79.9. The Balaban J connectivity index is 2.15. The van der Waals surface area contributed by atoms with Gasteiger partial charge in [-0.3, -0.25) is 4.79 Å². The van der Waals surface area contributed by atoms with E-state index in [0.717, 1.165) is 14.0 Å². The first kappa shape index (κ1) is 13.7. The Kier molecular flexibility index (Phi) is 4.53. The lowest BCUT2D eigenvalue weighted by atomic mass is 10.2. The van der Waals surface area contributed by atoms with Crippen LogP contribution >= 0.6 is 43.2 Å². The molecule has 0 aliphatic heterocycles. The molecule has 94 valence electrons. The predicted octanol–water partition coefficient (Wildman–Crippen LogP) is 4.16. The second kappa shape index (κ2) is 5.95. The zero-order chi connectivity index (χ0) is 13.1. The van der Waals surface area contributed by atoms with E-state index in [-0.39, 0.29) is 11.9 Å². The number of nitrogens with one attached hydrogen (secondary N) is 1. The molecule has 0 bridgehead atoms. The van der Waals surface area contributed by atoms with Gasteiger partial charge in [-0.25, -0.2) is 4.98 Å². The lowest BCUT2D eigenvalue weighted by Crippen LogP contribution is -2.26. The molecule has 6 heteroatoms. The third kappa shape index (κ3) is 3.18. The standard InChI is InChI=1S/C12H10Br2N2OS/c1-7(12-15-4-5-18-12)16-11(17)9-6-8(13)2-3-10(9)14/h2-7H,1H3,(H,16,17). The van der Waals surface area contributed by atoms with E-state index in [1.165, 1.54) is 11.3 Å². The van der Waals surface area contributed by atoms with Crippen molar-refractivity contribution in [3.05, 3.63) is 49.3 Å². The van der Waals surface area contributed by atoms with Gasteiger partial charge < -0.3 is 5.32 Å². The number of halogens is 2. The molecule has 1 aromatic heterocycles. The number of hydrogen-bond acceptors (Lipinski definition) is 3. The predicted molar refractivity (Wildman–Crippen MR) is 79.8 cm³/mol. The molecule has 0 radical (unpaired) electrons. The Morgan fingerprint density at radius 3 is 2.89 bits per heavy atom. The van der Waals surface area contributed by atoms with Crippen molar-refractivity contribution in [3.63, 3.8) is 0 Å². The zero-order valence-corrected chi connectivity index (χ0v) is 13.5. The summed E-state index contributed by atoms with van der Waals surface area (Å²) >= 11 is 8.26. The normalized spacial score (nSPS) is 12.2. The summed E-state index contributed by atoms with van der Waals surface area (Å²) in [5, 5.41) is 5.72. The Hall–Kier alpha value is -0.720. The zero-order valence-electron chi connectivity index (χ0n) is 9.48. The van der Waals surface area contributed by atoms with E-state index in [2.05, 4.69) is 42.2 Å². The van der Waals surface area contributed by atoms with Gasteiger partial charge in [0.2, 0.25) is 0 Å². The minimum atomic E-state index is -0.120. The van der Waals surface area contributed by atoms with Crippen molar-refractivity contribution in [2.75, 3.05) is 0 Å². The van der Waals surface area contributed by atoms with Crippen LogP contribution in [0.15, 0.2) is 38.7 Å². The first-order valence-corrected chi connectivity index (χ1v) is 7.70. The Labute approximate surface area is 126 Å². The van der Waals surface area contributed by atoms with E-state index in [4.69, 9.17) is 0 Å². The summed E-state index contributed by atoms with van der Waals surface area (Å²) in [6.07, 6.45) is 1.73. The Morgan fingerprint density at radius 1 is 1.44 bits per heavy atom. The SMILES string of the molecule is CC(NC(=O)c1cc(Br)ccc1Br)c1nccs1. The molecule has 2 rings (SSSR count). The van der Waals surface area contributed by atoms with E-state index >= 15 is 0 Å². The molecule has 0 saturated carbocycles. The number of amides is 1. The maximum absolute atomic E-state index is 12.1. The van der Waals surface area contributed by atoms with E-state index in [9.17, 15) is 4.79 Å². The molecule has 2 aromatic rings. The quantitative estimate of drug-likeness (QED) is 0.856. The molecule has 0 aliphatic rings. The summed E-state index contributed by atoms with van der Waals surface area (Å²) in [6.45, 7) is 1.92. The van der Waals surface area contributed by atoms with Gasteiger partial charge in [0.25, 0.3) is 5.91 Å². The average molecular weight is 390 g/mol. The second-order valence-electron chi connectivity index (χ2n) is 3.69. The van der Waals surface area contributed by atoms with Crippen LogP contribution in [0.2, 0.25) is 0 Å². The minimum absolute atomic E-state index is 0.0941. The van der Waals surface area contributed by atoms with Crippen molar-refractivity contribution in [2.24, 2.45) is 0 Å². The van der Waals surface area contributed by atoms with Crippen LogP contribution in [0.25, 0.3) is 0 Å². The second-order valence-corrected chi connectivity index (χ2v) is 6.39. The molecule has 1 amide bonds. The summed E-state index contributed by atoms with van der Waals surface area (Å²) < 4.78 is 1.65. The summed E-state index contributed by atoms with van der Waals surface area (Å²) in [7, 11) is 0. The topological polar surface area (TPSA) is 42.0 Å². The minimum Gasteiger partial charge on any atom is -0.343 e. The average Bonchev–Trinajstić information content (AvgIpc) is 2.85. The molecule has 1 unspecified atom stereocenters. The maximum atomic E-state index is 12.1. The summed E-state index contributed by atoms with van der Waals surface area (Å²) in [5.74, 6) is -0.120. The van der Waals surface area contributed by atoms with Crippen molar-refractivity contribution >= 4 is 49.1 Å². The third-order valence-corrected chi connectivity index (χ3v) is 4.49. The highest BCUT2D eigenvalue weighted by Gasteiger charge is 2.15. The van der Waals surface area contributed by atoms with Gasteiger partial charge in [0.15, 0.2) is 0 Å². The molecule has 0 fully saturated rings. The molecule has 3 nitrogen and oxygen atoms in total. The fourth-order valence-electron chi connectivity index (χ4n) is 1.46. The molecular weight excluding hydrogens is 380 g/mol. The van der Waals surface area contributed by atoms with E-state index in [0.29, 0.717) is 5.56 Å². The molecule has 1 N–H and O–H groups in total. The Bertz CT molecular complexity index is 557. The molecule has 18 heavy (non-hydrogen) atoms. The molecule has 0 aliphatic carbocycles. The molecule has 0 saturated heterocycles. The number of benzene rings is 1. The van der Waals surface area contributed by atoms with E-state index < -0.39 is 0 Å². The van der Waals surface area contributed by atoms with Crippen LogP contribution in [0.1, 0.15) is 28.3 Å². The van der Waals surface area contributed by atoms with E-state index in [1.54, 1.807) is 12.3 Å². The number of thiazole rings is 1. The molecule has 1 atom stereocenters. The number of carbonyl (C=O) groups is 1. The van der Waals surface area contributed by atoms with Crippen LogP contribution in [0.5, 0.6) is 0 Å². The van der Waals surface area contributed by atoms with Gasteiger partial charge in [-0.2, -0.15) is 0 Å². The van der Waals surface area contributed by atoms with Crippen LogP contribution < -0.4 is 5.32 Å². The molecular formula is C12H10Br2N2OS. The number of hydrogen-bond donors (Lipinski definition) is 1. The summed E-state index contributed by atoms with van der Waals surface area (Å²) in [4.78, 5) is 16.3. The molecule has 1 aromatic carbocycles. The smallest absolute Gasteiger partial charge is 0.253 e. The van der Waals surface area contributed by atoms with Crippen molar-refractivity contribution in [2.45, 2.75) is 13.0 Å². The van der Waals surface area contributed by atoms with Crippen LogP contribution in [-0.2, 0) is 0 Å². The first-order chi connectivity index (χ1) is 8.58. The summed E-state index contributed by atoms with van der Waals surface area (Å²) in [6, 6.07) is 5.41. The third-order valence-electron chi connectivity index (χ3n) is 2.34. The number of rotatable bonds is 3. The van der Waals surface area contributed by atoms with Gasteiger partial charge in [0, 0.05) is 20.5 Å². The van der Waals surface area contributed by atoms with Crippen LogP contribution in [0.4, 0.5) is 0 Å². The van der Waals surface area contributed by atoms with E-state index in [1.807, 2.05) is 24.4 Å².